The molecule has 0 aromatic carbocycles. The summed E-state index contributed by atoms with van der Waals surface area (Å²) in [6.45, 7) is 2.83. The van der Waals surface area contributed by atoms with E-state index in [9.17, 15) is 4.79 Å². The Hall–Kier alpha value is -1.49. The number of aryl methyl sites for hydroxylation is 1. The van der Waals surface area contributed by atoms with Crippen LogP contribution in [0, 0.1) is 0 Å². The van der Waals surface area contributed by atoms with Crippen LogP contribution in [0.15, 0.2) is 12.3 Å². The first-order valence-corrected chi connectivity index (χ1v) is 4.92. The molecule has 1 rings (SSSR count). The molecule has 1 heterocycles. The Bertz CT molecular complexity index is 333. The number of esters is 1. The summed E-state index contributed by atoms with van der Waals surface area (Å²) in [4.78, 5) is 11.5. The second kappa shape index (κ2) is 5.41. The number of nitrogens with zero attached hydrogens (tertiary/aromatic N) is 1. The van der Waals surface area contributed by atoms with Gasteiger partial charge in [0, 0.05) is 25.8 Å². The zero-order valence-electron chi connectivity index (χ0n) is 8.77. The fraction of sp³-hybridized carbons (Fsp3) is 0.500. The van der Waals surface area contributed by atoms with Crippen molar-refractivity contribution in [3.8, 4) is 0 Å². The number of hydrogen-bond donors (Lipinski definition) is 2. The number of nitrogen functional groups attached to an aromatic ring is 1. The molecule has 84 valence electrons. The second-order valence-electron chi connectivity index (χ2n) is 3.16. The fourth-order valence-corrected chi connectivity index (χ4v) is 1.27. The van der Waals surface area contributed by atoms with E-state index < -0.39 is 5.97 Å². The minimum absolute atomic E-state index is 0.0181. The van der Waals surface area contributed by atoms with Gasteiger partial charge in [0.25, 0.3) is 0 Å². The van der Waals surface area contributed by atoms with Crippen molar-refractivity contribution in [1.29, 1.82) is 0 Å². The smallest absolute Gasteiger partial charge is 0.355 e. The van der Waals surface area contributed by atoms with Crippen molar-refractivity contribution in [2.24, 2.45) is 0 Å². The first-order valence-electron chi connectivity index (χ1n) is 4.92. The van der Waals surface area contributed by atoms with Gasteiger partial charge in [-0.15, -0.1) is 0 Å². The molecule has 0 radical (unpaired) electrons. The van der Waals surface area contributed by atoms with Gasteiger partial charge in [0.1, 0.15) is 5.69 Å². The number of aromatic nitrogens is 1. The van der Waals surface area contributed by atoms with Crippen LogP contribution in [-0.4, -0.2) is 28.9 Å². The van der Waals surface area contributed by atoms with Crippen LogP contribution in [0.5, 0.6) is 0 Å². The first kappa shape index (κ1) is 11.6. The van der Waals surface area contributed by atoms with E-state index in [1.807, 2.05) is 6.92 Å². The Morgan fingerprint density at radius 1 is 1.67 bits per heavy atom. The van der Waals surface area contributed by atoms with E-state index in [2.05, 4.69) is 0 Å². The van der Waals surface area contributed by atoms with E-state index in [1.54, 1.807) is 16.8 Å². The van der Waals surface area contributed by atoms with Gasteiger partial charge in [-0.3, -0.25) is 0 Å². The Labute approximate surface area is 88.4 Å². The lowest BCUT2D eigenvalue weighted by Gasteiger charge is -2.05. The minimum Gasteiger partial charge on any atom is -0.461 e. The third-order valence-electron chi connectivity index (χ3n) is 2.00. The Kier molecular flexibility index (Phi) is 4.17. The van der Waals surface area contributed by atoms with Crippen LogP contribution in [0.1, 0.15) is 23.8 Å². The first-order chi connectivity index (χ1) is 7.19. The van der Waals surface area contributed by atoms with Crippen molar-refractivity contribution in [1.82, 2.24) is 4.57 Å². The third-order valence-corrected chi connectivity index (χ3v) is 2.00. The van der Waals surface area contributed by atoms with Gasteiger partial charge in [0.05, 0.1) is 12.3 Å². The zero-order valence-corrected chi connectivity index (χ0v) is 8.77. The second-order valence-corrected chi connectivity index (χ2v) is 3.16. The summed E-state index contributed by atoms with van der Waals surface area (Å²) in [7, 11) is 0. The maximum atomic E-state index is 11.5. The monoisotopic (exact) mass is 212 g/mol. The van der Waals surface area contributed by atoms with Crippen molar-refractivity contribution in [3.05, 3.63) is 18.0 Å². The number of aliphatic hydroxyl groups is 1. The lowest BCUT2D eigenvalue weighted by Crippen LogP contribution is -2.12. The molecule has 0 unspecified atom stereocenters. The summed E-state index contributed by atoms with van der Waals surface area (Å²) in [5.74, 6) is -0.401. The fourth-order valence-electron chi connectivity index (χ4n) is 1.27. The van der Waals surface area contributed by atoms with Crippen LogP contribution in [0.25, 0.3) is 0 Å². The zero-order chi connectivity index (χ0) is 11.3. The summed E-state index contributed by atoms with van der Waals surface area (Å²) < 4.78 is 6.68. The van der Waals surface area contributed by atoms with Gasteiger partial charge in [0.2, 0.25) is 0 Å². The minimum atomic E-state index is -0.401. The van der Waals surface area contributed by atoms with Crippen molar-refractivity contribution >= 4 is 11.7 Å². The topological polar surface area (TPSA) is 77.5 Å². The van der Waals surface area contributed by atoms with Gasteiger partial charge >= 0.3 is 5.97 Å². The maximum Gasteiger partial charge on any atom is 0.355 e. The van der Waals surface area contributed by atoms with E-state index in [4.69, 9.17) is 15.6 Å². The highest BCUT2D eigenvalue weighted by molar-refractivity contribution is 5.89. The lowest BCUT2D eigenvalue weighted by molar-refractivity contribution is 0.0470. The maximum absolute atomic E-state index is 11.5. The number of aliphatic hydroxyl groups excluding tert-OH is 1. The van der Waals surface area contributed by atoms with E-state index in [1.165, 1.54) is 0 Å². The predicted molar refractivity (Wildman–Crippen MR) is 56.5 cm³/mol. The van der Waals surface area contributed by atoms with E-state index in [0.29, 0.717) is 24.3 Å². The molecule has 3 N–H and O–H groups in total. The molecule has 1 aromatic heterocycles. The number of anilines is 1. The highest BCUT2D eigenvalue weighted by atomic mass is 16.5. The summed E-state index contributed by atoms with van der Waals surface area (Å²) in [5, 5.41) is 8.54. The number of carbonyl (C=O) groups is 1. The summed E-state index contributed by atoms with van der Waals surface area (Å²) in [6.07, 6.45) is 2.15. The van der Waals surface area contributed by atoms with Crippen LogP contribution >= 0.6 is 0 Å². The predicted octanol–water partition coefficient (Wildman–Crippen LogP) is 0.629. The van der Waals surface area contributed by atoms with Gasteiger partial charge in [0.15, 0.2) is 0 Å². The van der Waals surface area contributed by atoms with Gasteiger partial charge in [-0.05, 0) is 13.0 Å². The molecule has 0 bridgehead atoms. The molecular formula is C10H16N2O3. The molecule has 0 saturated carbocycles. The SMILES string of the molecule is CCn1cc(N)cc1C(=O)OCCCO. The van der Waals surface area contributed by atoms with Crippen LogP contribution in [0.3, 0.4) is 0 Å². The van der Waals surface area contributed by atoms with Crippen molar-refractivity contribution < 1.29 is 14.6 Å². The molecule has 0 fully saturated rings. The average molecular weight is 212 g/mol. The van der Waals surface area contributed by atoms with Crippen molar-refractivity contribution in [2.45, 2.75) is 19.9 Å². The number of ether oxygens (including phenoxy) is 1. The lowest BCUT2D eigenvalue weighted by atomic mass is 10.4. The molecule has 0 atom stereocenters. The van der Waals surface area contributed by atoms with Gasteiger partial charge in [-0.25, -0.2) is 4.79 Å². The Morgan fingerprint density at radius 2 is 2.40 bits per heavy atom. The van der Waals surface area contributed by atoms with Crippen LogP contribution in [-0.2, 0) is 11.3 Å². The van der Waals surface area contributed by atoms with Gasteiger partial charge in [-0.1, -0.05) is 0 Å². The molecule has 5 nitrogen and oxygen atoms in total. The largest absolute Gasteiger partial charge is 0.461 e. The average Bonchev–Trinajstić information content (AvgIpc) is 2.60. The van der Waals surface area contributed by atoms with Crippen LogP contribution in [0.2, 0.25) is 0 Å². The normalized spacial score (nSPS) is 10.3. The highest BCUT2D eigenvalue weighted by Gasteiger charge is 2.12. The number of nitrogens with two attached hydrogens (primary N) is 1. The molecule has 0 aliphatic carbocycles. The highest BCUT2D eigenvalue weighted by Crippen LogP contribution is 2.11. The summed E-state index contributed by atoms with van der Waals surface area (Å²) in [6, 6.07) is 1.59. The number of hydrogen-bond acceptors (Lipinski definition) is 4. The Morgan fingerprint density at radius 3 is 3.00 bits per heavy atom. The Balaban J connectivity index is 2.64. The third kappa shape index (κ3) is 2.99. The van der Waals surface area contributed by atoms with Crippen LogP contribution in [0.4, 0.5) is 5.69 Å². The van der Waals surface area contributed by atoms with Crippen molar-refractivity contribution in [2.75, 3.05) is 18.9 Å². The molecule has 0 aliphatic heterocycles. The number of carbonyl (C=O) groups excluding carboxylic acids is 1. The number of rotatable bonds is 5. The summed E-state index contributed by atoms with van der Waals surface area (Å²) >= 11 is 0. The molecule has 1 aromatic rings. The summed E-state index contributed by atoms with van der Waals surface area (Å²) in [5.41, 5.74) is 6.58. The molecule has 0 amide bonds. The molecule has 0 aliphatic rings. The van der Waals surface area contributed by atoms with Crippen LogP contribution < -0.4 is 5.73 Å². The standard InChI is InChI=1S/C10H16N2O3/c1-2-12-7-8(11)6-9(12)10(14)15-5-3-4-13/h6-7,13H,2-5,11H2,1H3. The van der Waals surface area contributed by atoms with E-state index in [0.717, 1.165) is 0 Å². The van der Waals surface area contributed by atoms with E-state index in [-0.39, 0.29) is 13.2 Å². The van der Waals surface area contributed by atoms with Gasteiger partial charge in [-0.2, -0.15) is 0 Å². The van der Waals surface area contributed by atoms with Gasteiger partial charge < -0.3 is 20.1 Å². The molecule has 0 spiro atoms. The molecule has 5 heteroatoms. The molecule has 15 heavy (non-hydrogen) atoms. The van der Waals surface area contributed by atoms with E-state index >= 15 is 0 Å². The molecular weight excluding hydrogens is 196 g/mol. The quantitative estimate of drug-likeness (QED) is 0.554. The molecule has 0 saturated heterocycles. The van der Waals surface area contributed by atoms with Crippen molar-refractivity contribution in [3.63, 3.8) is 0 Å².